The van der Waals surface area contributed by atoms with Crippen molar-refractivity contribution in [2.45, 2.75) is 77.0 Å². The van der Waals surface area contributed by atoms with Crippen molar-refractivity contribution in [2.24, 2.45) is 0 Å². The third-order valence-corrected chi connectivity index (χ3v) is 7.97. The summed E-state index contributed by atoms with van der Waals surface area (Å²) in [4.78, 5) is 49.9. The van der Waals surface area contributed by atoms with Gasteiger partial charge in [0.1, 0.15) is 17.7 Å². The molecule has 11 heteroatoms. The number of aliphatic carboxylic acids is 1. The first-order valence-electron chi connectivity index (χ1n) is 14.6. The van der Waals surface area contributed by atoms with E-state index < -0.39 is 23.7 Å². The van der Waals surface area contributed by atoms with Crippen molar-refractivity contribution in [3.8, 4) is 0 Å². The molecule has 2 aromatic heterocycles. The highest BCUT2D eigenvalue weighted by molar-refractivity contribution is 6.02. The molecule has 0 aliphatic carbocycles. The molecule has 11 nitrogen and oxygen atoms in total. The van der Waals surface area contributed by atoms with Gasteiger partial charge in [-0.2, -0.15) is 0 Å². The number of anilines is 2. The van der Waals surface area contributed by atoms with Gasteiger partial charge in [-0.1, -0.05) is 24.3 Å². The van der Waals surface area contributed by atoms with E-state index in [2.05, 4.69) is 14.9 Å². The third-order valence-electron chi connectivity index (χ3n) is 7.97. The van der Waals surface area contributed by atoms with Crippen LogP contribution in [0.1, 0.15) is 64.1 Å². The molecular formula is C31H36N6O5. The van der Waals surface area contributed by atoms with Gasteiger partial charge in [-0.15, -0.1) is 0 Å². The minimum absolute atomic E-state index is 0.0378. The topological polar surface area (TPSA) is 123 Å². The number of fused-ring (bicyclic) bond motifs is 6. The summed E-state index contributed by atoms with van der Waals surface area (Å²) in [5.74, 6) is 0.486. The number of carboxylic acid groups (broad SMARTS) is 1. The van der Waals surface area contributed by atoms with Crippen LogP contribution in [0.15, 0.2) is 48.5 Å². The second kappa shape index (κ2) is 10.8. The lowest BCUT2D eigenvalue weighted by atomic mass is 10.0. The summed E-state index contributed by atoms with van der Waals surface area (Å²) in [5, 5.41) is 9.57. The van der Waals surface area contributed by atoms with E-state index in [1.54, 1.807) is 42.4 Å². The Bertz CT molecular complexity index is 1670. The van der Waals surface area contributed by atoms with Crippen molar-refractivity contribution in [3.05, 3.63) is 48.5 Å². The lowest BCUT2D eigenvalue weighted by Gasteiger charge is -2.34. The number of nitrogens with zero attached hydrogens (tertiary/aromatic N) is 6. The summed E-state index contributed by atoms with van der Waals surface area (Å²) in [6.45, 7) is 6.89. The second-order valence-electron chi connectivity index (χ2n) is 12.0. The molecule has 4 aromatic rings. The Labute approximate surface area is 243 Å². The molecular weight excluding hydrogens is 536 g/mol. The normalized spacial score (nSPS) is 20.2. The molecule has 5 heterocycles. The van der Waals surface area contributed by atoms with E-state index in [1.807, 2.05) is 36.4 Å². The summed E-state index contributed by atoms with van der Waals surface area (Å²) in [6.07, 6.45) is 4.97. The van der Waals surface area contributed by atoms with Crippen LogP contribution in [0.25, 0.3) is 22.1 Å². The summed E-state index contributed by atoms with van der Waals surface area (Å²) in [5.41, 5.74) is 2.45. The van der Waals surface area contributed by atoms with Crippen LogP contribution in [-0.2, 0) is 9.53 Å². The first-order chi connectivity index (χ1) is 20.1. The lowest BCUT2D eigenvalue weighted by molar-refractivity contribution is -0.139. The molecule has 2 fully saturated rings. The predicted molar refractivity (Wildman–Crippen MR) is 159 cm³/mol. The fourth-order valence-electron chi connectivity index (χ4n) is 6.12. The number of para-hydroxylation sites is 4. The van der Waals surface area contributed by atoms with Crippen LogP contribution in [0.3, 0.4) is 0 Å². The number of ether oxygens (including phenoxy) is 1. The van der Waals surface area contributed by atoms with Crippen LogP contribution < -0.4 is 9.80 Å². The summed E-state index contributed by atoms with van der Waals surface area (Å²) < 4.78 is 8.72. The number of aromatic nitrogens is 4. The molecule has 3 aliphatic rings. The van der Waals surface area contributed by atoms with Gasteiger partial charge in [0.2, 0.25) is 11.9 Å². The summed E-state index contributed by atoms with van der Waals surface area (Å²) >= 11 is 0. The molecule has 2 saturated heterocycles. The highest BCUT2D eigenvalue weighted by atomic mass is 16.6. The Hall–Kier alpha value is -4.41. The van der Waals surface area contributed by atoms with Crippen LogP contribution in [-0.4, -0.2) is 73.0 Å². The van der Waals surface area contributed by atoms with Crippen molar-refractivity contribution >= 4 is 51.9 Å². The molecule has 0 saturated carbocycles. The zero-order chi connectivity index (χ0) is 29.6. The van der Waals surface area contributed by atoms with E-state index in [1.165, 1.54) is 4.57 Å². The standard InChI is InChI=1S/C18H23N3O4.C13H13N3O/c1-18(2,3)25-17(24)21-13-9-5-4-8-12(13)19-16(21)20-11-7-6-10-14(20)15(22)23;17-12-11-7-3-4-8-15(11)13-14-9-5-1-2-6-10(9)16(12)13/h4-5,8-9,14H,6-7,10-11H2,1-3H3,(H,22,23);1-2,5-6,11H,3-4,7-8H2/t14-;/m0./s1. The lowest BCUT2D eigenvalue weighted by Crippen LogP contribution is -2.46. The first kappa shape index (κ1) is 27.7. The molecule has 0 bridgehead atoms. The molecule has 1 N–H and O–H groups in total. The largest absolute Gasteiger partial charge is 0.480 e. The van der Waals surface area contributed by atoms with Gasteiger partial charge in [0.15, 0.2) is 0 Å². The van der Waals surface area contributed by atoms with E-state index in [4.69, 9.17) is 4.74 Å². The zero-order valence-corrected chi connectivity index (χ0v) is 24.2. The Kier molecular flexibility index (Phi) is 7.12. The van der Waals surface area contributed by atoms with Crippen molar-refractivity contribution in [1.29, 1.82) is 0 Å². The molecule has 220 valence electrons. The van der Waals surface area contributed by atoms with Gasteiger partial charge in [0.05, 0.1) is 22.1 Å². The Morgan fingerprint density at radius 3 is 2.12 bits per heavy atom. The molecule has 0 spiro atoms. The van der Waals surface area contributed by atoms with Gasteiger partial charge in [-0.3, -0.25) is 4.79 Å². The van der Waals surface area contributed by atoms with Crippen LogP contribution in [0.2, 0.25) is 0 Å². The molecule has 7 rings (SSSR count). The van der Waals surface area contributed by atoms with E-state index >= 15 is 0 Å². The predicted octanol–water partition coefficient (Wildman–Crippen LogP) is 5.31. The van der Waals surface area contributed by atoms with Gasteiger partial charge < -0.3 is 19.6 Å². The molecule has 0 amide bonds. The molecule has 1 unspecified atom stereocenters. The number of piperidine rings is 2. The fourth-order valence-corrected chi connectivity index (χ4v) is 6.12. The average molecular weight is 573 g/mol. The fraction of sp³-hybridized carbons (Fsp3) is 0.452. The van der Waals surface area contributed by atoms with E-state index in [9.17, 15) is 19.5 Å². The molecule has 0 radical (unpaired) electrons. The summed E-state index contributed by atoms with van der Waals surface area (Å²) in [6, 6.07) is 14.5. The molecule has 3 aliphatic heterocycles. The number of carbonyl (C=O) groups excluding carboxylic acids is 2. The van der Waals surface area contributed by atoms with Crippen LogP contribution in [0.5, 0.6) is 0 Å². The number of hydrogen-bond acceptors (Lipinski definition) is 8. The highest BCUT2D eigenvalue weighted by Gasteiger charge is 2.41. The van der Waals surface area contributed by atoms with Crippen LogP contribution in [0, 0.1) is 0 Å². The number of hydrogen-bond donors (Lipinski definition) is 1. The van der Waals surface area contributed by atoms with Gasteiger partial charge in [0, 0.05) is 13.1 Å². The number of rotatable bonds is 2. The quantitative estimate of drug-likeness (QED) is 0.340. The van der Waals surface area contributed by atoms with Gasteiger partial charge >= 0.3 is 12.1 Å². The Balaban J connectivity index is 0.000000160. The smallest absolute Gasteiger partial charge is 0.421 e. The van der Waals surface area contributed by atoms with Crippen LogP contribution in [0.4, 0.5) is 16.7 Å². The van der Waals surface area contributed by atoms with Crippen molar-refractivity contribution in [3.63, 3.8) is 0 Å². The maximum absolute atomic E-state index is 12.8. The number of benzene rings is 2. The Morgan fingerprint density at radius 1 is 0.833 bits per heavy atom. The number of carbonyl (C=O) groups is 3. The monoisotopic (exact) mass is 572 g/mol. The van der Waals surface area contributed by atoms with E-state index in [0.717, 1.165) is 55.6 Å². The van der Waals surface area contributed by atoms with Crippen molar-refractivity contribution < 1.29 is 24.2 Å². The molecule has 2 atom stereocenters. The summed E-state index contributed by atoms with van der Waals surface area (Å²) in [7, 11) is 0. The number of carboxylic acids is 1. The van der Waals surface area contributed by atoms with Gasteiger partial charge in [0.25, 0.3) is 5.91 Å². The number of imidazole rings is 2. The minimum atomic E-state index is -0.900. The maximum Gasteiger partial charge on any atom is 0.421 e. The van der Waals surface area contributed by atoms with E-state index in [0.29, 0.717) is 29.9 Å². The van der Waals surface area contributed by atoms with E-state index in [-0.39, 0.29) is 11.9 Å². The van der Waals surface area contributed by atoms with Gasteiger partial charge in [-0.05, 0) is 83.6 Å². The van der Waals surface area contributed by atoms with Crippen LogP contribution >= 0.6 is 0 Å². The van der Waals surface area contributed by atoms with Crippen molar-refractivity contribution in [2.75, 3.05) is 22.9 Å². The average Bonchev–Trinajstić information content (AvgIpc) is 3.63. The zero-order valence-electron chi connectivity index (χ0n) is 24.2. The van der Waals surface area contributed by atoms with Gasteiger partial charge in [-0.25, -0.2) is 28.7 Å². The second-order valence-corrected chi connectivity index (χ2v) is 12.0. The SMILES string of the molecule is CC(C)(C)OC(=O)n1c(N2CCCC[C@H]2C(=O)O)nc2ccccc21.O=C1C2CCCCN2c2nc3ccccc3n21. The third kappa shape index (κ3) is 4.97. The Morgan fingerprint density at radius 2 is 1.43 bits per heavy atom. The minimum Gasteiger partial charge on any atom is -0.480 e. The van der Waals surface area contributed by atoms with Crippen molar-refractivity contribution in [1.82, 2.24) is 19.1 Å². The molecule has 42 heavy (non-hydrogen) atoms. The molecule has 2 aromatic carbocycles. The first-order valence-corrected chi connectivity index (χ1v) is 14.6. The maximum atomic E-state index is 12.8. The highest BCUT2D eigenvalue weighted by Crippen LogP contribution is 2.35.